The number of nitrogens with zero attached hydrogens (tertiary/aromatic N) is 3. The first kappa shape index (κ1) is 18.5. The molecular formula is C20H14FN3O2S. The molecule has 2 aromatic carbocycles. The maximum absolute atomic E-state index is 14.1. The lowest BCUT2D eigenvalue weighted by atomic mass is 10.0. The van der Waals surface area contributed by atoms with Gasteiger partial charge in [-0.15, -0.1) is 0 Å². The highest BCUT2D eigenvalue weighted by atomic mass is 32.2. The smallest absolute Gasteiger partial charge is 0.258 e. The number of nitriles is 1. The van der Waals surface area contributed by atoms with Gasteiger partial charge in [0.1, 0.15) is 16.9 Å². The Bertz CT molecular complexity index is 1050. The van der Waals surface area contributed by atoms with Crippen molar-refractivity contribution >= 4 is 17.4 Å². The van der Waals surface area contributed by atoms with E-state index in [0.717, 1.165) is 22.9 Å². The molecule has 0 spiro atoms. The van der Waals surface area contributed by atoms with Crippen LogP contribution in [-0.4, -0.2) is 9.91 Å². The minimum atomic E-state index is -0.647. The maximum atomic E-state index is 14.1. The predicted octanol–water partition coefficient (Wildman–Crippen LogP) is 5.27. The number of hydrogen-bond donors (Lipinski definition) is 0. The summed E-state index contributed by atoms with van der Waals surface area (Å²) in [5.74, 6) is -0.645. The molecule has 1 aromatic heterocycles. The van der Waals surface area contributed by atoms with Gasteiger partial charge in [0.25, 0.3) is 5.69 Å². The minimum absolute atomic E-state index is 0.00233. The highest BCUT2D eigenvalue weighted by Gasteiger charge is 2.20. The normalized spacial score (nSPS) is 10.4. The van der Waals surface area contributed by atoms with Crippen molar-refractivity contribution in [2.45, 2.75) is 17.7 Å². The van der Waals surface area contributed by atoms with Crippen LogP contribution in [0.4, 0.5) is 10.1 Å². The van der Waals surface area contributed by atoms with Crippen LogP contribution in [0.2, 0.25) is 0 Å². The summed E-state index contributed by atoms with van der Waals surface area (Å²) < 4.78 is 14.1. The molecular weight excluding hydrogens is 365 g/mol. The van der Waals surface area contributed by atoms with Crippen molar-refractivity contribution in [3.63, 3.8) is 0 Å². The van der Waals surface area contributed by atoms with E-state index in [0.29, 0.717) is 16.3 Å². The van der Waals surface area contributed by atoms with Gasteiger partial charge in [-0.3, -0.25) is 10.1 Å². The second-order valence-corrected chi connectivity index (χ2v) is 6.72. The molecule has 0 aliphatic heterocycles. The number of thioether (sulfide) groups is 1. The van der Waals surface area contributed by atoms with Crippen molar-refractivity contribution in [2.24, 2.45) is 0 Å². The van der Waals surface area contributed by atoms with Crippen LogP contribution >= 0.6 is 11.8 Å². The Kier molecular flexibility index (Phi) is 5.48. The molecule has 0 radical (unpaired) electrons. The Hall–Kier alpha value is -3.24. The number of aromatic nitrogens is 1. The summed E-state index contributed by atoms with van der Waals surface area (Å²) in [7, 11) is 0. The monoisotopic (exact) mass is 379 g/mol. The first-order chi connectivity index (χ1) is 13.0. The number of hydrogen-bond acceptors (Lipinski definition) is 5. The molecule has 0 saturated carbocycles. The molecule has 0 N–H and O–H groups in total. The fraction of sp³-hybridized carbons (Fsp3) is 0.100. The Morgan fingerprint density at radius 2 is 1.96 bits per heavy atom. The second kappa shape index (κ2) is 7.98. The summed E-state index contributed by atoms with van der Waals surface area (Å²) in [6.45, 7) is 1.81. The number of halogens is 1. The Labute approximate surface area is 159 Å². The van der Waals surface area contributed by atoms with Crippen molar-refractivity contribution in [1.82, 2.24) is 4.98 Å². The van der Waals surface area contributed by atoms with Crippen molar-refractivity contribution in [2.75, 3.05) is 0 Å². The third-order valence-corrected chi connectivity index (χ3v) is 4.96. The summed E-state index contributed by atoms with van der Waals surface area (Å²) in [6.07, 6.45) is 0. The van der Waals surface area contributed by atoms with Gasteiger partial charge in [-0.05, 0) is 24.6 Å². The molecule has 1 heterocycles. The summed E-state index contributed by atoms with van der Waals surface area (Å²) >= 11 is 1.12. The Balaban J connectivity index is 2.01. The molecule has 0 unspecified atom stereocenters. The zero-order valence-corrected chi connectivity index (χ0v) is 15.2. The first-order valence-corrected chi connectivity index (χ1v) is 9.01. The van der Waals surface area contributed by atoms with Gasteiger partial charge in [0.2, 0.25) is 0 Å². The first-order valence-electron chi connectivity index (χ1n) is 8.03. The maximum Gasteiger partial charge on any atom is 0.276 e. The molecule has 0 amide bonds. The van der Waals surface area contributed by atoms with Crippen LogP contribution in [0.3, 0.4) is 0 Å². The van der Waals surface area contributed by atoms with E-state index in [-0.39, 0.29) is 17.0 Å². The fourth-order valence-electron chi connectivity index (χ4n) is 2.70. The largest absolute Gasteiger partial charge is 0.276 e. The number of aryl methyl sites for hydroxylation is 1. The summed E-state index contributed by atoms with van der Waals surface area (Å²) in [4.78, 5) is 15.0. The lowest BCUT2D eigenvalue weighted by Gasteiger charge is -2.11. The Morgan fingerprint density at radius 1 is 1.22 bits per heavy atom. The molecule has 5 nitrogen and oxygen atoms in total. The SMILES string of the molecule is Cc1cc(-c2ccccc2)c(C#N)c(SCc2c(F)cccc2[N+](=O)[O-])n1. The number of nitro groups is 1. The van der Waals surface area contributed by atoms with E-state index in [2.05, 4.69) is 11.1 Å². The highest BCUT2D eigenvalue weighted by Crippen LogP contribution is 2.34. The molecule has 134 valence electrons. The van der Waals surface area contributed by atoms with Crippen LogP contribution < -0.4 is 0 Å². The molecule has 0 aliphatic carbocycles. The summed E-state index contributed by atoms with van der Waals surface area (Å²) in [6, 6.07) is 17.2. The van der Waals surface area contributed by atoms with E-state index < -0.39 is 10.7 Å². The van der Waals surface area contributed by atoms with E-state index >= 15 is 0 Å². The fourth-order valence-corrected chi connectivity index (χ4v) is 3.78. The molecule has 27 heavy (non-hydrogen) atoms. The predicted molar refractivity (Wildman–Crippen MR) is 102 cm³/mol. The molecule has 0 bridgehead atoms. The third-order valence-electron chi connectivity index (χ3n) is 3.95. The minimum Gasteiger partial charge on any atom is -0.258 e. The molecule has 0 atom stereocenters. The quantitative estimate of drug-likeness (QED) is 0.343. The number of nitro benzene ring substituents is 1. The van der Waals surface area contributed by atoms with Crippen molar-refractivity contribution in [1.29, 1.82) is 5.26 Å². The van der Waals surface area contributed by atoms with E-state index in [1.54, 1.807) is 0 Å². The van der Waals surface area contributed by atoms with E-state index in [9.17, 15) is 19.8 Å². The van der Waals surface area contributed by atoms with Gasteiger partial charge < -0.3 is 0 Å². The van der Waals surface area contributed by atoms with Gasteiger partial charge in [0.15, 0.2) is 0 Å². The summed E-state index contributed by atoms with van der Waals surface area (Å²) in [5, 5.41) is 21.2. The third kappa shape index (κ3) is 3.96. The number of rotatable bonds is 5. The van der Waals surface area contributed by atoms with Crippen molar-refractivity contribution in [3.8, 4) is 17.2 Å². The van der Waals surface area contributed by atoms with Crippen LogP contribution in [-0.2, 0) is 5.75 Å². The van der Waals surface area contributed by atoms with Gasteiger partial charge in [0.05, 0.1) is 16.1 Å². The zero-order chi connectivity index (χ0) is 19.4. The average Bonchev–Trinajstić information content (AvgIpc) is 2.67. The Morgan fingerprint density at radius 3 is 2.63 bits per heavy atom. The van der Waals surface area contributed by atoms with Gasteiger partial charge >= 0.3 is 0 Å². The van der Waals surface area contributed by atoms with Crippen LogP contribution in [0.5, 0.6) is 0 Å². The molecule has 0 fully saturated rings. The number of benzene rings is 2. The van der Waals surface area contributed by atoms with E-state index in [4.69, 9.17) is 0 Å². The summed E-state index contributed by atoms with van der Waals surface area (Å²) in [5.41, 5.74) is 2.39. The highest BCUT2D eigenvalue weighted by molar-refractivity contribution is 7.98. The lowest BCUT2D eigenvalue weighted by Crippen LogP contribution is -1.99. The molecule has 3 aromatic rings. The van der Waals surface area contributed by atoms with Crippen LogP contribution in [0.1, 0.15) is 16.8 Å². The molecule has 3 rings (SSSR count). The topological polar surface area (TPSA) is 79.8 Å². The van der Waals surface area contributed by atoms with Crippen LogP contribution in [0, 0.1) is 34.2 Å². The van der Waals surface area contributed by atoms with E-state index in [1.807, 2.05) is 43.3 Å². The van der Waals surface area contributed by atoms with Crippen LogP contribution in [0.15, 0.2) is 59.6 Å². The van der Waals surface area contributed by atoms with Gasteiger partial charge in [-0.1, -0.05) is 48.2 Å². The molecule has 7 heteroatoms. The van der Waals surface area contributed by atoms with Crippen LogP contribution in [0.25, 0.3) is 11.1 Å². The molecule has 0 saturated heterocycles. The molecule has 0 aliphatic rings. The lowest BCUT2D eigenvalue weighted by molar-refractivity contribution is -0.385. The number of pyridine rings is 1. The zero-order valence-electron chi connectivity index (χ0n) is 14.3. The van der Waals surface area contributed by atoms with Crippen molar-refractivity contribution < 1.29 is 9.31 Å². The van der Waals surface area contributed by atoms with Gasteiger partial charge in [-0.25, -0.2) is 9.37 Å². The standard InChI is InChI=1S/C20H14FN3O2S/c1-13-10-15(14-6-3-2-4-7-14)16(11-22)20(23-13)27-12-17-18(21)8-5-9-19(17)24(25)26/h2-10H,12H2,1H3. The van der Waals surface area contributed by atoms with Crippen molar-refractivity contribution in [3.05, 3.63) is 87.3 Å². The van der Waals surface area contributed by atoms with Gasteiger partial charge in [0, 0.05) is 23.1 Å². The van der Waals surface area contributed by atoms with E-state index in [1.165, 1.54) is 18.2 Å². The van der Waals surface area contributed by atoms with Gasteiger partial charge in [-0.2, -0.15) is 5.26 Å². The second-order valence-electron chi connectivity index (χ2n) is 5.75. The average molecular weight is 379 g/mol.